The van der Waals surface area contributed by atoms with Crippen molar-refractivity contribution in [2.45, 2.75) is 24.9 Å². The Morgan fingerprint density at radius 2 is 1.39 bits per heavy atom. The monoisotopic (exact) mass is 626 g/mol. The molecule has 4 atom stereocenters. The van der Waals surface area contributed by atoms with E-state index in [1.165, 1.54) is 40.4 Å². The minimum Gasteiger partial charge on any atom is -0.503 e. The number of hydrogen-bond acceptors (Lipinski definition) is 8. The molecular weight excluding hydrogens is 596 g/mol. The van der Waals surface area contributed by atoms with Crippen LogP contribution in [0, 0.1) is 11.8 Å². The first-order valence-corrected chi connectivity index (χ1v) is 13.5. The molecule has 10 nitrogen and oxygen atoms in total. The second-order valence-electron chi connectivity index (χ2n) is 9.91. The fourth-order valence-electron chi connectivity index (χ4n) is 5.35. The fraction of sp³-hybridized carbons (Fsp3) is 0.300. The van der Waals surface area contributed by atoms with Gasteiger partial charge in [0.2, 0.25) is 11.8 Å². The zero-order chi connectivity index (χ0) is 29.9. The maximum Gasteiger partial charge on any atom is 0.235 e. The van der Waals surface area contributed by atoms with Gasteiger partial charge in [0.1, 0.15) is 23.2 Å². The van der Waals surface area contributed by atoms with E-state index >= 15 is 0 Å². The number of amides is 2. The van der Waals surface area contributed by atoms with E-state index in [4.69, 9.17) is 14.2 Å². The second kappa shape index (κ2) is 12.2. The van der Waals surface area contributed by atoms with Crippen LogP contribution in [0.3, 0.4) is 0 Å². The molecule has 0 aromatic heterocycles. The van der Waals surface area contributed by atoms with Gasteiger partial charge in [-0.15, -0.1) is 0 Å². The van der Waals surface area contributed by atoms with Crippen molar-refractivity contribution in [3.8, 4) is 23.0 Å². The summed E-state index contributed by atoms with van der Waals surface area (Å²) in [5.74, 6) is -5.09. The molecule has 216 valence electrons. The van der Waals surface area contributed by atoms with E-state index in [-0.39, 0.29) is 16.0 Å². The minimum absolute atomic E-state index is 0.0554. The summed E-state index contributed by atoms with van der Waals surface area (Å²) in [5, 5.41) is 27.6. The highest BCUT2D eigenvalue weighted by Crippen LogP contribution is 2.49. The molecule has 0 aliphatic heterocycles. The van der Waals surface area contributed by atoms with E-state index < -0.39 is 47.4 Å². The first-order chi connectivity index (χ1) is 19.5. The molecule has 1 aliphatic carbocycles. The summed E-state index contributed by atoms with van der Waals surface area (Å²) in [4.78, 5) is 41.5. The molecule has 0 spiro atoms. The Labute approximate surface area is 245 Å². The van der Waals surface area contributed by atoms with Gasteiger partial charge in [0, 0.05) is 12.3 Å². The zero-order valence-corrected chi connectivity index (χ0v) is 24.5. The van der Waals surface area contributed by atoms with E-state index in [1.807, 2.05) is 0 Å². The van der Waals surface area contributed by atoms with Gasteiger partial charge in [-0.2, -0.15) is 0 Å². The number of aromatic hydroxyl groups is 1. The summed E-state index contributed by atoms with van der Waals surface area (Å²) >= 11 is 3.30. The SMILES string of the molecule is COc1ccccc1NC(=O)C1C(=O)CC(C)(O)C(C(=O)Nc2ccccc2OC)C1c1cc(Br)c(O)c(OC)c1. The minimum atomic E-state index is -1.84. The predicted octanol–water partition coefficient (Wildman–Crippen LogP) is 4.50. The number of ketones is 1. The molecule has 0 bridgehead atoms. The van der Waals surface area contributed by atoms with Gasteiger partial charge in [0.25, 0.3) is 0 Å². The van der Waals surface area contributed by atoms with Crippen LogP contribution in [0.2, 0.25) is 0 Å². The molecule has 11 heteroatoms. The molecule has 3 aromatic carbocycles. The van der Waals surface area contributed by atoms with Crippen LogP contribution in [0.4, 0.5) is 11.4 Å². The summed E-state index contributed by atoms with van der Waals surface area (Å²) in [5.41, 5.74) is -0.832. The van der Waals surface area contributed by atoms with Crippen molar-refractivity contribution >= 4 is 44.9 Å². The molecule has 1 fully saturated rings. The number of phenolic OH excluding ortho intramolecular Hbond substituents is 1. The lowest BCUT2D eigenvalue weighted by Crippen LogP contribution is -2.56. The smallest absolute Gasteiger partial charge is 0.235 e. The molecule has 2 amide bonds. The van der Waals surface area contributed by atoms with Crippen molar-refractivity contribution < 1.29 is 38.8 Å². The number of anilines is 2. The van der Waals surface area contributed by atoms with E-state index in [0.717, 1.165) is 0 Å². The van der Waals surface area contributed by atoms with E-state index in [0.29, 0.717) is 28.4 Å². The van der Waals surface area contributed by atoms with Crippen molar-refractivity contribution in [1.29, 1.82) is 0 Å². The average molecular weight is 627 g/mol. The number of carbonyl (C=O) groups excluding carboxylic acids is 3. The highest BCUT2D eigenvalue weighted by Gasteiger charge is 2.56. The van der Waals surface area contributed by atoms with E-state index in [1.54, 1.807) is 48.5 Å². The summed E-state index contributed by atoms with van der Waals surface area (Å²) in [6, 6.07) is 16.4. The van der Waals surface area contributed by atoms with Crippen LogP contribution in [0.5, 0.6) is 23.0 Å². The highest BCUT2D eigenvalue weighted by atomic mass is 79.9. The Hall–Kier alpha value is -4.09. The molecule has 41 heavy (non-hydrogen) atoms. The number of carbonyl (C=O) groups is 3. The van der Waals surface area contributed by atoms with Gasteiger partial charge < -0.3 is 35.1 Å². The number of benzene rings is 3. The standard InChI is InChI=1S/C30H31BrN2O8/c1-30(38)15-20(34)25(28(36)32-18-9-5-7-11-21(18)39-2)24(16-13-17(31)27(35)23(14-16)41-4)26(30)29(37)33-19-10-6-8-12-22(19)40-3/h5-14,24-26,35,38H,15H2,1-4H3,(H,32,36)(H,33,37). The number of ether oxygens (including phenoxy) is 3. The van der Waals surface area contributed by atoms with Gasteiger partial charge in [-0.1, -0.05) is 24.3 Å². The number of Topliss-reactive ketones (excluding diaryl/α,β-unsaturated/α-hetero) is 1. The van der Waals surface area contributed by atoms with Crippen LogP contribution < -0.4 is 24.8 Å². The topological polar surface area (TPSA) is 143 Å². The Balaban J connectivity index is 1.86. The molecule has 4 rings (SSSR count). The number of hydrogen-bond donors (Lipinski definition) is 4. The number of phenols is 1. The highest BCUT2D eigenvalue weighted by molar-refractivity contribution is 9.10. The van der Waals surface area contributed by atoms with Crippen molar-refractivity contribution in [1.82, 2.24) is 0 Å². The van der Waals surface area contributed by atoms with E-state index in [9.17, 15) is 24.6 Å². The largest absolute Gasteiger partial charge is 0.503 e. The lowest BCUT2D eigenvalue weighted by molar-refractivity contribution is -0.150. The van der Waals surface area contributed by atoms with Crippen molar-refractivity contribution in [2.24, 2.45) is 11.8 Å². The third kappa shape index (κ3) is 6.01. The number of para-hydroxylation sites is 4. The average Bonchev–Trinajstić information content (AvgIpc) is 2.93. The second-order valence-corrected chi connectivity index (χ2v) is 10.8. The third-order valence-electron chi connectivity index (χ3n) is 7.22. The first kappa shape index (κ1) is 29.9. The van der Waals surface area contributed by atoms with Crippen molar-refractivity contribution in [3.05, 3.63) is 70.7 Å². The Kier molecular flexibility index (Phi) is 8.89. The molecule has 0 radical (unpaired) electrons. The van der Waals surface area contributed by atoms with Gasteiger partial charge in [-0.3, -0.25) is 14.4 Å². The Bertz CT molecular complexity index is 1470. The fourth-order valence-corrected chi connectivity index (χ4v) is 5.81. The number of rotatable bonds is 8. The summed E-state index contributed by atoms with van der Waals surface area (Å²) < 4.78 is 16.2. The van der Waals surface area contributed by atoms with Crippen LogP contribution in [0.15, 0.2) is 65.1 Å². The molecule has 0 heterocycles. The normalized spacial score (nSPS) is 22.0. The molecule has 1 aliphatic rings. The lowest BCUT2D eigenvalue weighted by Gasteiger charge is -2.44. The number of methoxy groups -OCH3 is 3. The summed E-state index contributed by atoms with van der Waals surface area (Å²) in [6.07, 6.45) is -0.450. The Morgan fingerprint density at radius 3 is 1.93 bits per heavy atom. The molecule has 4 N–H and O–H groups in total. The molecule has 3 aromatic rings. The Morgan fingerprint density at radius 1 is 0.878 bits per heavy atom. The van der Waals surface area contributed by atoms with Gasteiger partial charge in [-0.05, 0) is 64.8 Å². The number of aliphatic hydroxyl groups is 1. The van der Waals surface area contributed by atoms with Crippen molar-refractivity contribution in [2.75, 3.05) is 32.0 Å². The van der Waals surface area contributed by atoms with Crippen LogP contribution in [-0.4, -0.2) is 54.7 Å². The molecule has 1 saturated carbocycles. The van der Waals surface area contributed by atoms with Crippen LogP contribution >= 0.6 is 15.9 Å². The van der Waals surface area contributed by atoms with Crippen molar-refractivity contribution in [3.63, 3.8) is 0 Å². The predicted molar refractivity (Wildman–Crippen MR) is 156 cm³/mol. The number of nitrogens with one attached hydrogen (secondary N) is 2. The van der Waals surface area contributed by atoms with Gasteiger partial charge in [0.15, 0.2) is 11.5 Å². The van der Waals surface area contributed by atoms with Gasteiger partial charge in [0.05, 0.1) is 48.7 Å². The van der Waals surface area contributed by atoms with Gasteiger partial charge >= 0.3 is 0 Å². The maximum atomic E-state index is 14.0. The molecule has 4 unspecified atom stereocenters. The maximum absolute atomic E-state index is 14.0. The summed E-state index contributed by atoms with van der Waals surface area (Å²) in [6.45, 7) is 1.39. The van der Waals surface area contributed by atoms with Crippen LogP contribution in [-0.2, 0) is 14.4 Å². The molecule has 0 saturated heterocycles. The van der Waals surface area contributed by atoms with Crippen LogP contribution in [0.1, 0.15) is 24.8 Å². The number of halogens is 1. The van der Waals surface area contributed by atoms with Crippen LogP contribution in [0.25, 0.3) is 0 Å². The molecular formula is C30H31BrN2O8. The first-order valence-electron chi connectivity index (χ1n) is 12.7. The van der Waals surface area contributed by atoms with E-state index in [2.05, 4.69) is 26.6 Å². The van der Waals surface area contributed by atoms with Gasteiger partial charge in [-0.25, -0.2) is 0 Å². The lowest BCUT2D eigenvalue weighted by atomic mass is 9.61. The zero-order valence-electron chi connectivity index (χ0n) is 22.9. The third-order valence-corrected chi connectivity index (χ3v) is 7.82. The summed E-state index contributed by atoms with van der Waals surface area (Å²) in [7, 11) is 4.27. The quantitative estimate of drug-likeness (QED) is 0.268.